The maximum Gasteiger partial charge on any atom is 0.316 e. The van der Waals surface area contributed by atoms with Gasteiger partial charge in [0.2, 0.25) is 0 Å². The molecule has 0 saturated heterocycles. The topological polar surface area (TPSA) is 44.4 Å². The van der Waals surface area contributed by atoms with E-state index >= 15 is 0 Å². The van der Waals surface area contributed by atoms with Gasteiger partial charge in [-0.2, -0.15) is 0 Å². The van der Waals surface area contributed by atoms with Gasteiger partial charge in [0.1, 0.15) is 0 Å². The van der Waals surface area contributed by atoms with Crippen molar-refractivity contribution in [1.82, 2.24) is 15.5 Å². The van der Waals surface area contributed by atoms with Crippen molar-refractivity contribution in [1.29, 1.82) is 0 Å². The average Bonchev–Trinajstić information content (AvgIpc) is 3.08. The molecule has 0 unspecified atom stereocenters. The van der Waals surface area contributed by atoms with Gasteiger partial charge in [0.25, 0.3) is 0 Å². The van der Waals surface area contributed by atoms with E-state index in [1.54, 1.807) is 36.8 Å². The van der Waals surface area contributed by atoms with E-state index in [9.17, 15) is 4.79 Å². The molecule has 0 saturated carbocycles. The molecule has 0 aliphatic rings. The molecule has 0 spiro atoms. The second-order valence-electron chi connectivity index (χ2n) is 4.58. The molecule has 108 valence electrons. The van der Waals surface area contributed by atoms with Crippen LogP contribution in [0.15, 0.2) is 29.0 Å². The van der Waals surface area contributed by atoms with Crippen LogP contribution in [-0.4, -0.2) is 38.1 Å². The van der Waals surface area contributed by atoms with Crippen molar-refractivity contribution in [2.45, 2.75) is 6.54 Å². The molecule has 0 aliphatic heterocycles. The summed E-state index contributed by atoms with van der Waals surface area (Å²) in [6, 6.07) is 6.38. The quantitative estimate of drug-likeness (QED) is 0.806. The van der Waals surface area contributed by atoms with E-state index in [1.807, 2.05) is 0 Å². The minimum Gasteiger partial charge on any atom is -0.337 e. The summed E-state index contributed by atoms with van der Waals surface area (Å²) in [6.45, 7) is 2.25. The number of hydrogen-bond acceptors (Lipinski definition) is 4. The summed E-state index contributed by atoms with van der Waals surface area (Å²) in [5, 5.41) is 10.4. The second-order valence-corrected chi connectivity index (χ2v) is 6.53. The van der Waals surface area contributed by atoms with Crippen molar-refractivity contribution in [3.05, 3.63) is 33.8 Å². The van der Waals surface area contributed by atoms with E-state index in [0.29, 0.717) is 6.54 Å². The predicted octanol–water partition coefficient (Wildman–Crippen LogP) is 2.84. The third-order valence-corrected chi connectivity index (χ3v) is 4.60. The van der Waals surface area contributed by atoms with Crippen LogP contribution in [0.2, 0.25) is 0 Å². The number of nitrogens with one attached hydrogen (secondary N) is 2. The lowest BCUT2D eigenvalue weighted by Crippen LogP contribution is -2.38. The summed E-state index contributed by atoms with van der Waals surface area (Å²) in [4.78, 5) is 15.5. The first-order valence-electron chi connectivity index (χ1n) is 6.44. The first-order chi connectivity index (χ1) is 9.66. The molecule has 2 heterocycles. The standard InChI is InChI=1S/C14H19N3OS2/c1-17(2)14(18)16-6-5-15-9-12-8-11(10-20-12)13-4-3-7-19-13/h3-4,7-8,10,15H,5-6,9H2,1-2H3,(H,16,18). The van der Waals surface area contributed by atoms with Gasteiger partial charge in [-0.25, -0.2) is 4.79 Å². The number of hydrogen-bond donors (Lipinski definition) is 2. The van der Waals surface area contributed by atoms with Crippen LogP contribution in [0, 0.1) is 0 Å². The molecule has 2 rings (SSSR count). The summed E-state index contributed by atoms with van der Waals surface area (Å²) in [5.74, 6) is 0. The molecule has 4 nitrogen and oxygen atoms in total. The molecular formula is C14H19N3OS2. The Balaban J connectivity index is 1.69. The Morgan fingerprint density at radius 1 is 1.30 bits per heavy atom. The van der Waals surface area contributed by atoms with Crippen molar-refractivity contribution < 1.29 is 4.79 Å². The number of urea groups is 1. The smallest absolute Gasteiger partial charge is 0.316 e. The second kappa shape index (κ2) is 7.42. The molecule has 0 aliphatic carbocycles. The first-order valence-corrected chi connectivity index (χ1v) is 8.20. The van der Waals surface area contributed by atoms with Crippen LogP contribution in [0.4, 0.5) is 4.79 Å². The number of rotatable bonds is 6. The zero-order chi connectivity index (χ0) is 14.4. The normalized spacial score (nSPS) is 10.5. The van der Waals surface area contributed by atoms with Crippen LogP contribution in [0.5, 0.6) is 0 Å². The minimum atomic E-state index is -0.0529. The molecule has 6 heteroatoms. The molecule has 0 radical (unpaired) electrons. The molecule has 2 aromatic rings. The highest BCUT2D eigenvalue weighted by molar-refractivity contribution is 7.14. The molecule has 0 fully saturated rings. The average molecular weight is 309 g/mol. The van der Waals surface area contributed by atoms with Crippen LogP contribution in [0.3, 0.4) is 0 Å². The third kappa shape index (κ3) is 4.33. The van der Waals surface area contributed by atoms with E-state index in [4.69, 9.17) is 0 Å². The Morgan fingerprint density at radius 3 is 2.85 bits per heavy atom. The fourth-order valence-corrected chi connectivity index (χ4v) is 3.32. The zero-order valence-corrected chi connectivity index (χ0v) is 13.3. The molecule has 2 aromatic heterocycles. The SMILES string of the molecule is CN(C)C(=O)NCCNCc1cc(-c2cccs2)cs1. The van der Waals surface area contributed by atoms with Gasteiger partial charge in [-0.05, 0) is 22.9 Å². The highest BCUT2D eigenvalue weighted by Crippen LogP contribution is 2.28. The first kappa shape index (κ1) is 15.0. The Hall–Kier alpha value is -1.37. The van der Waals surface area contributed by atoms with Gasteiger partial charge >= 0.3 is 6.03 Å². The van der Waals surface area contributed by atoms with Crippen molar-refractivity contribution >= 4 is 28.7 Å². The summed E-state index contributed by atoms with van der Waals surface area (Å²) in [6.07, 6.45) is 0. The monoisotopic (exact) mass is 309 g/mol. The molecule has 2 N–H and O–H groups in total. The largest absolute Gasteiger partial charge is 0.337 e. The van der Waals surface area contributed by atoms with Gasteiger partial charge in [-0.15, -0.1) is 22.7 Å². The molecular weight excluding hydrogens is 290 g/mol. The molecule has 0 bridgehead atoms. The molecule has 0 atom stereocenters. The maximum absolute atomic E-state index is 11.3. The molecule has 2 amide bonds. The van der Waals surface area contributed by atoms with Gasteiger partial charge in [-0.3, -0.25) is 0 Å². The van der Waals surface area contributed by atoms with Crippen LogP contribution in [0.25, 0.3) is 10.4 Å². The Labute approximate surface area is 127 Å². The third-order valence-electron chi connectivity index (χ3n) is 2.74. The van der Waals surface area contributed by atoms with E-state index in [1.165, 1.54) is 20.2 Å². The van der Waals surface area contributed by atoms with Gasteiger partial charge in [-0.1, -0.05) is 6.07 Å². The molecule has 0 aromatic carbocycles. The van der Waals surface area contributed by atoms with E-state index < -0.39 is 0 Å². The van der Waals surface area contributed by atoms with Gasteiger partial charge in [0.15, 0.2) is 0 Å². The summed E-state index contributed by atoms with van der Waals surface area (Å²) in [5.41, 5.74) is 1.29. The van der Waals surface area contributed by atoms with Crippen LogP contribution >= 0.6 is 22.7 Å². The fraction of sp³-hybridized carbons (Fsp3) is 0.357. The highest BCUT2D eigenvalue weighted by atomic mass is 32.1. The summed E-state index contributed by atoms with van der Waals surface area (Å²) < 4.78 is 0. The summed E-state index contributed by atoms with van der Waals surface area (Å²) >= 11 is 3.53. The van der Waals surface area contributed by atoms with Gasteiger partial charge < -0.3 is 15.5 Å². The Bertz CT molecular complexity index is 534. The minimum absolute atomic E-state index is 0.0529. The lowest BCUT2D eigenvalue weighted by atomic mass is 10.2. The van der Waals surface area contributed by atoms with Gasteiger partial charge in [0, 0.05) is 49.0 Å². The molecule has 20 heavy (non-hydrogen) atoms. The van der Waals surface area contributed by atoms with Crippen LogP contribution in [-0.2, 0) is 6.54 Å². The van der Waals surface area contributed by atoms with Crippen molar-refractivity contribution in [3.8, 4) is 10.4 Å². The van der Waals surface area contributed by atoms with E-state index in [0.717, 1.165) is 13.1 Å². The Kier molecular flexibility index (Phi) is 5.58. The number of amides is 2. The lowest BCUT2D eigenvalue weighted by Gasteiger charge is -2.11. The number of thiophene rings is 2. The number of nitrogens with zero attached hydrogens (tertiary/aromatic N) is 1. The fourth-order valence-electron chi connectivity index (χ4n) is 1.67. The number of carbonyl (C=O) groups is 1. The highest BCUT2D eigenvalue weighted by Gasteiger charge is 2.04. The predicted molar refractivity (Wildman–Crippen MR) is 86.4 cm³/mol. The van der Waals surface area contributed by atoms with Crippen molar-refractivity contribution in [2.24, 2.45) is 0 Å². The van der Waals surface area contributed by atoms with Crippen molar-refractivity contribution in [3.63, 3.8) is 0 Å². The van der Waals surface area contributed by atoms with E-state index in [-0.39, 0.29) is 6.03 Å². The zero-order valence-electron chi connectivity index (χ0n) is 11.7. The maximum atomic E-state index is 11.3. The Morgan fingerprint density at radius 2 is 2.15 bits per heavy atom. The van der Waals surface area contributed by atoms with Crippen LogP contribution < -0.4 is 10.6 Å². The van der Waals surface area contributed by atoms with E-state index in [2.05, 4.69) is 39.6 Å². The van der Waals surface area contributed by atoms with Crippen molar-refractivity contribution in [2.75, 3.05) is 27.2 Å². The lowest BCUT2D eigenvalue weighted by molar-refractivity contribution is 0.217. The van der Waals surface area contributed by atoms with Gasteiger partial charge in [0.05, 0.1) is 0 Å². The van der Waals surface area contributed by atoms with Crippen LogP contribution in [0.1, 0.15) is 4.88 Å². The summed E-state index contributed by atoms with van der Waals surface area (Å²) in [7, 11) is 3.47. The number of carbonyl (C=O) groups excluding carboxylic acids is 1.